The molecule has 0 unspecified atom stereocenters. The summed E-state index contributed by atoms with van der Waals surface area (Å²) < 4.78 is 5.55. The number of hydrogen-bond donors (Lipinski definition) is 0. The molecule has 5 rings (SSSR count). The third-order valence-electron chi connectivity index (χ3n) is 10.4. The molecular weight excluding hydrogens is 370 g/mol. The van der Waals surface area contributed by atoms with E-state index in [4.69, 9.17) is 4.74 Å². The zero-order valence-electron chi connectivity index (χ0n) is 19.5. The number of carbonyl (C=O) groups excluding carboxylic acids is 1. The maximum absolute atomic E-state index is 12.5. The van der Waals surface area contributed by atoms with Gasteiger partial charge in [-0.1, -0.05) is 32.9 Å². The average Bonchev–Trinajstić information content (AvgIpc) is 3.10. The number of ether oxygens (including phenoxy) is 1. The fraction of sp³-hybridized carbons (Fsp3) is 0.741. The van der Waals surface area contributed by atoms with Crippen LogP contribution in [0.4, 0.5) is 0 Å². The number of piperidine rings is 1. The molecule has 3 heteroatoms. The number of carbonyl (C=O) groups is 1. The minimum absolute atomic E-state index is 0.301. The second-order valence-electron chi connectivity index (χ2n) is 11.5. The average molecular weight is 410 g/mol. The van der Waals surface area contributed by atoms with E-state index in [-0.39, 0.29) is 0 Å². The highest BCUT2D eigenvalue weighted by molar-refractivity contribution is 5.77. The normalized spacial score (nSPS) is 45.5. The van der Waals surface area contributed by atoms with Gasteiger partial charge in [0.15, 0.2) is 0 Å². The summed E-state index contributed by atoms with van der Waals surface area (Å²) in [6.45, 7) is 7.62. The number of benzene rings is 1. The van der Waals surface area contributed by atoms with Gasteiger partial charge in [0, 0.05) is 19.5 Å². The molecule has 0 aromatic heterocycles. The summed E-state index contributed by atoms with van der Waals surface area (Å²) in [5.74, 6) is 5.09. The first-order valence-electron chi connectivity index (χ1n) is 12.2. The summed E-state index contributed by atoms with van der Waals surface area (Å²) in [6, 6.07) is 9.29. The molecule has 3 saturated carbocycles. The van der Waals surface area contributed by atoms with Crippen molar-refractivity contribution < 1.29 is 9.53 Å². The number of amides is 1. The third kappa shape index (κ3) is 2.72. The largest absolute Gasteiger partial charge is 0.497 e. The van der Waals surface area contributed by atoms with Gasteiger partial charge >= 0.3 is 0 Å². The summed E-state index contributed by atoms with van der Waals surface area (Å²) in [5.41, 5.74) is 2.17. The Hall–Kier alpha value is -1.51. The summed E-state index contributed by atoms with van der Waals surface area (Å²) >= 11 is 0. The molecule has 8 atom stereocenters. The van der Waals surface area contributed by atoms with Crippen LogP contribution in [-0.4, -0.2) is 31.0 Å². The Morgan fingerprint density at radius 2 is 1.83 bits per heavy atom. The zero-order valence-corrected chi connectivity index (χ0v) is 19.5. The lowest BCUT2D eigenvalue weighted by Gasteiger charge is -2.63. The number of methoxy groups -OCH3 is 1. The van der Waals surface area contributed by atoms with Crippen LogP contribution in [0.2, 0.25) is 0 Å². The lowest BCUT2D eigenvalue weighted by molar-refractivity contribution is -0.165. The van der Waals surface area contributed by atoms with E-state index < -0.39 is 0 Å². The summed E-state index contributed by atoms with van der Waals surface area (Å²) in [7, 11) is 3.84. The summed E-state index contributed by atoms with van der Waals surface area (Å²) in [4.78, 5) is 14.6. The lowest BCUT2D eigenvalue weighted by atomic mass is 9.44. The number of nitrogens with zero attached hydrogens (tertiary/aromatic N) is 1. The minimum atomic E-state index is 0.301. The van der Waals surface area contributed by atoms with E-state index in [1.807, 2.05) is 0 Å². The molecule has 0 radical (unpaired) electrons. The van der Waals surface area contributed by atoms with E-state index in [1.54, 1.807) is 7.11 Å². The first kappa shape index (κ1) is 20.4. The van der Waals surface area contributed by atoms with Crippen LogP contribution in [-0.2, 0) is 4.79 Å². The molecule has 30 heavy (non-hydrogen) atoms. The van der Waals surface area contributed by atoms with Crippen molar-refractivity contribution in [1.29, 1.82) is 0 Å². The van der Waals surface area contributed by atoms with Gasteiger partial charge < -0.3 is 9.64 Å². The van der Waals surface area contributed by atoms with Crippen molar-refractivity contribution in [3.8, 4) is 5.75 Å². The third-order valence-corrected chi connectivity index (χ3v) is 10.4. The predicted molar refractivity (Wildman–Crippen MR) is 120 cm³/mol. The van der Waals surface area contributed by atoms with Crippen molar-refractivity contribution in [3.63, 3.8) is 0 Å². The molecule has 1 amide bonds. The number of fused-ring (bicyclic) bond motifs is 5. The van der Waals surface area contributed by atoms with Crippen LogP contribution in [0.3, 0.4) is 0 Å². The number of likely N-dealkylation sites (tertiary alicyclic amines) is 1. The molecule has 0 bridgehead atoms. The van der Waals surface area contributed by atoms with Crippen LogP contribution >= 0.6 is 0 Å². The number of rotatable bonds is 2. The van der Waals surface area contributed by atoms with Crippen molar-refractivity contribution in [1.82, 2.24) is 4.90 Å². The van der Waals surface area contributed by atoms with Crippen molar-refractivity contribution in [2.75, 3.05) is 14.2 Å². The number of hydrogen-bond acceptors (Lipinski definition) is 2. The molecule has 1 aromatic rings. The second kappa shape index (κ2) is 7.00. The molecule has 1 aromatic carbocycles. The first-order valence-corrected chi connectivity index (χ1v) is 12.2. The van der Waals surface area contributed by atoms with Crippen molar-refractivity contribution in [2.24, 2.45) is 34.5 Å². The van der Waals surface area contributed by atoms with E-state index >= 15 is 0 Å². The van der Waals surface area contributed by atoms with E-state index in [1.165, 1.54) is 37.7 Å². The zero-order chi connectivity index (χ0) is 21.3. The van der Waals surface area contributed by atoms with Gasteiger partial charge in [-0.15, -0.1) is 0 Å². The predicted octanol–water partition coefficient (Wildman–Crippen LogP) is 5.89. The maximum atomic E-state index is 12.5. The van der Waals surface area contributed by atoms with Crippen LogP contribution in [0, 0.1) is 34.5 Å². The van der Waals surface area contributed by atoms with E-state index in [9.17, 15) is 4.79 Å². The molecule has 1 saturated heterocycles. The van der Waals surface area contributed by atoms with Crippen LogP contribution in [0.25, 0.3) is 0 Å². The molecule has 1 aliphatic heterocycles. The van der Waals surface area contributed by atoms with Crippen LogP contribution in [0.15, 0.2) is 24.3 Å². The van der Waals surface area contributed by atoms with Gasteiger partial charge in [-0.25, -0.2) is 0 Å². The van der Waals surface area contributed by atoms with Crippen LogP contribution in [0.5, 0.6) is 5.75 Å². The van der Waals surface area contributed by atoms with Crippen LogP contribution in [0.1, 0.15) is 77.2 Å². The molecule has 164 valence electrons. The SMILES string of the molecule is COc1cccc([C@H]2CC[C@H]3[C@@H]4[C@@H](C)C[C@H]5N(C)C(=O)CC[C@]5(C)[C@H]4CC[C@]23C)c1. The fourth-order valence-electron chi connectivity index (χ4n) is 8.87. The second-order valence-corrected chi connectivity index (χ2v) is 11.5. The smallest absolute Gasteiger partial charge is 0.222 e. The Balaban J connectivity index is 1.47. The van der Waals surface area contributed by atoms with Gasteiger partial charge in [0.25, 0.3) is 0 Å². The lowest BCUT2D eigenvalue weighted by Crippen LogP contribution is -2.63. The van der Waals surface area contributed by atoms with Gasteiger partial charge in [0.05, 0.1) is 7.11 Å². The molecular formula is C27H39NO2. The van der Waals surface area contributed by atoms with Crippen molar-refractivity contribution in [3.05, 3.63) is 29.8 Å². The molecule has 3 nitrogen and oxygen atoms in total. The minimum Gasteiger partial charge on any atom is -0.497 e. The Morgan fingerprint density at radius 3 is 2.60 bits per heavy atom. The van der Waals surface area contributed by atoms with Crippen LogP contribution < -0.4 is 4.74 Å². The Bertz CT molecular complexity index is 836. The first-order chi connectivity index (χ1) is 14.3. The summed E-state index contributed by atoms with van der Waals surface area (Å²) in [5, 5.41) is 0. The monoisotopic (exact) mass is 409 g/mol. The van der Waals surface area contributed by atoms with E-state index in [0.29, 0.717) is 34.6 Å². The van der Waals surface area contributed by atoms with Crippen molar-refractivity contribution >= 4 is 5.91 Å². The standard InChI is InChI=1S/C27H39NO2/c1-17-15-23-27(3,14-12-24(29)28(23)4)22-11-13-26(2)20(9-10-21(26)25(17)22)18-7-6-8-19(16-18)30-5/h6-8,16-17,20-23,25H,9-15H2,1-5H3/t17-,20+,21-,22-,23+,25-,26+,27+/m0/s1. The fourth-order valence-corrected chi connectivity index (χ4v) is 8.87. The van der Waals surface area contributed by atoms with Gasteiger partial charge in [-0.05, 0) is 96.6 Å². The van der Waals surface area contributed by atoms with Gasteiger partial charge in [-0.3, -0.25) is 4.79 Å². The van der Waals surface area contributed by atoms with Gasteiger partial charge in [0.2, 0.25) is 5.91 Å². The highest BCUT2D eigenvalue weighted by Gasteiger charge is 2.62. The molecule has 1 heterocycles. The van der Waals surface area contributed by atoms with Gasteiger partial charge in [-0.2, -0.15) is 0 Å². The summed E-state index contributed by atoms with van der Waals surface area (Å²) in [6.07, 6.45) is 8.36. The Labute approximate surface area is 182 Å². The Morgan fingerprint density at radius 1 is 1.07 bits per heavy atom. The highest BCUT2D eigenvalue weighted by atomic mass is 16.5. The highest BCUT2D eigenvalue weighted by Crippen LogP contribution is 2.69. The van der Waals surface area contributed by atoms with E-state index in [0.717, 1.165) is 36.3 Å². The molecule has 3 aliphatic carbocycles. The molecule has 4 fully saturated rings. The quantitative estimate of drug-likeness (QED) is 0.610. The maximum Gasteiger partial charge on any atom is 0.222 e. The molecule has 0 spiro atoms. The topological polar surface area (TPSA) is 29.5 Å². The van der Waals surface area contributed by atoms with E-state index in [2.05, 4.69) is 57.0 Å². The molecule has 0 N–H and O–H groups in total. The Kier molecular flexibility index (Phi) is 4.76. The van der Waals surface area contributed by atoms with Crippen molar-refractivity contribution in [2.45, 2.75) is 77.7 Å². The van der Waals surface area contributed by atoms with Gasteiger partial charge in [0.1, 0.15) is 5.75 Å². The molecule has 4 aliphatic rings.